The molecule has 0 spiro atoms. The van der Waals surface area contributed by atoms with Gasteiger partial charge in [-0.25, -0.2) is 0 Å². The van der Waals surface area contributed by atoms with E-state index >= 15 is 0 Å². The molecule has 1 saturated heterocycles. The van der Waals surface area contributed by atoms with Crippen molar-refractivity contribution in [3.05, 3.63) is 63.8 Å². The van der Waals surface area contributed by atoms with E-state index in [4.69, 9.17) is 11.6 Å². The van der Waals surface area contributed by atoms with Gasteiger partial charge in [-0.05, 0) is 78.4 Å². The second kappa shape index (κ2) is 10.1. The van der Waals surface area contributed by atoms with E-state index in [-0.39, 0.29) is 16.1 Å². The Hall–Kier alpha value is -2.38. The lowest BCUT2D eigenvalue weighted by atomic mass is 9.97. The SMILES string of the molecule is CC(C)Cc1cc(-c2cc(-c3c(Cl)cc(C(=O)N4CCCCC4)cc3C(F)(F)F)cs2)ccn1. The predicted molar refractivity (Wildman–Crippen MR) is 131 cm³/mol. The summed E-state index contributed by atoms with van der Waals surface area (Å²) in [5, 5.41) is 1.61. The molecule has 0 saturated carbocycles. The van der Waals surface area contributed by atoms with Crippen LogP contribution in [0.5, 0.6) is 0 Å². The molecule has 0 radical (unpaired) electrons. The summed E-state index contributed by atoms with van der Waals surface area (Å²) in [6, 6.07) is 7.87. The Balaban J connectivity index is 1.72. The summed E-state index contributed by atoms with van der Waals surface area (Å²) in [6.45, 7) is 5.33. The highest BCUT2D eigenvalue weighted by molar-refractivity contribution is 7.14. The second-order valence-electron chi connectivity index (χ2n) is 9.06. The molecule has 180 valence electrons. The molecule has 0 N–H and O–H groups in total. The van der Waals surface area contributed by atoms with Gasteiger partial charge in [-0.2, -0.15) is 13.2 Å². The van der Waals surface area contributed by atoms with Crippen LogP contribution in [0.15, 0.2) is 41.9 Å². The Morgan fingerprint density at radius 2 is 1.85 bits per heavy atom. The Morgan fingerprint density at radius 3 is 2.53 bits per heavy atom. The number of piperidine rings is 1. The molecule has 3 aromatic rings. The number of nitrogens with zero attached hydrogens (tertiary/aromatic N) is 2. The van der Waals surface area contributed by atoms with Crippen molar-refractivity contribution in [3.63, 3.8) is 0 Å². The van der Waals surface area contributed by atoms with Crippen molar-refractivity contribution in [1.29, 1.82) is 0 Å². The number of halogens is 4. The topological polar surface area (TPSA) is 33.2 Å². The zero-order chi connectivity index (χ0) is 24.5. The molecule has 1 aromatic carbocycles. The predicted octanol–water partition coefficient (Wildman–Crippen LogP) is 7.97. The molecule has 1 amide bonds. The molecule has 3 nitrogen and oxygen atoms in total. The number of alkyl halides is 3. The van der Waals surface area contributed by atoms with Crippen LogP contribution in [0.2, 0.25) is 5.02 Å². The van der Waals surface area contributed by atoms with Gasteiger partial charge in [-0.3, -0.25) is 9.78 Å². The lowest BCUT2D eigenvalue weighted by molar-refractivity contribution is -0.137. The quantitative estimate of drug-likeness (QED) is 0.351. The molecular weight excluding hydrogens is 481 g/mol. The van der Waals surface area contributed by atoms with Crippen LogP contribution in [0.1, 0.15) is 54.7 Å². The third-order valence-corrected chi connectivity index (χ3v) is 7.17. The fourth-order valence-corrected chi connectivity index (χ4v) is 5.53. The van der Waals surface area contributed by atoms with Gasteiger partial charge in [0.2, 0.25) is 0 Å². The molecule has 8 heteroatoms. The van der Waals surface area contributed by atoms with E-state index in [0.717, 1.165) is 47.9 Å². The van der Waals surface area contributed by atoms with Crippen molar-refractivity contribution in [3.8, 4) is 21.6 Å². The first kappa shape index (κ1) is 24.7. The summed E-state index contributed by atoms with van der Waals surface area (Å²) >= 11 is 7.78. The van der Waals surface area contributed by atoms with Crippen LogP contribution in [0.25, 0.3) is 21.6 Å². The number of likely N-dealkylation sites (tertiary alicyclic amines) is 1. The zero-order valence-corrected chi connectivity index (χ0v) is 20.7. The molecule has 0 bridgehead atoms. The largest absolute Gasteiger partial charge is 0.417 e. The van der Waals surface area contributed by atoms with Gasteiger partial charge < -0.3 is 4.90 Å². The van der Waals surface area contributed by atoms with E-state index in [1.165, 1.54) is 17.4 Å². The molecule has 0 aliphatic carbocycles. The van der Waals surface area contributed by atoms with Crippen LogP contribution in [0.4, 0.5) is 13.2 Å². The van der Waals surface area contributed by atoms with Crippen LogP contribution < -0.4 is 0 Å². The Kier molecular flexibility index (Phi) is 7.33. The highest BCUT2D eigenvalue weighted by Crippen LogP contribution is 2.44. The van der Waals surface area contributed by atoms with Gasteiger partial charge in [-0.15, -0.1) is 11.3 Å². The lowest BCUT2D eigenvalue weighted by Gasteiger charge is -2.27. The van der Waals surface area contributed by atoms with Crippen LogP contribution in [-0.2, 0) is 12.6 Å². The van der Waals surface area contributed by atoms with Gasteiger partial charge in [0, 0.05) is 46.0 Å². The summed E-state index contributed by atoms with van der Waals surface area (Å²) in [6.07, 6.45) is 0.628. The van der Waals surface area contributed by atoms with Gasteiger partial charge >= 0.3 is 6.18 Å². The van der Waals surface area contributed by atoms with Crippen molar-refractivity contribution < 1.29 is 18.0 Å². The standard InChI is InChI=1S/C26H26ClF3N2OS/c1-16(2)10-20-11-17(6-7-31-20)23-14-19(15-34-23)24-21(26(28,29)30)12-18(13-22(24)27)25(33)32-8-4-3-5-9-32/h6-7,11-16H,3-5,8-10H2,1-2H3. The van der Waals surface area contributed by atoms with Crippen molar-refractivity contribution in [2.24, 2.45) is 5.92 Å². The molecule has 4 rings (SSSR count). The first-order valence-electron chi connectivity index (χ1n) is 11.4. The normalized spacial score (nSPS) is 14.6. The van der Waals surface area contributed by atoms with Crippen LogP contribution in [-0.4, -0.2) is 28.9 Å². The van der Waals surface area contributed by atoms with Gasteiger partial charge in [-0.1, -0.05) is 25.4 Å². The van der Waals surface area contributed by atoms with Crippen LogP contribution in [0, 0.1) is 5.92 Å². The molecule has 0 unspecified atom stereocenters. The molecule has 2 aromatic heterocycles. The van der Waals surface area contributed by atoms with Gasteiger partial charge in [0.05, 0.1) is 5.56 Å². The van der Waals surface area contributed by atoms with Crippen molar-refractivity contribution in [2.75, 3.05) is 13.1 Å². The number of benzene rings is 1. The highest BCUT2D eigenvalue weighted by atomic mass is 35.5. The van der Waals surface area contributed by atoms with E-state index in [1.807, 2.05) is 12.1 Å². The van der Waals surface area contributed by atoms with Crippen molar-refractivity contribution in [2.45, 2.75) is 45.7 Å². The number of amides is 1. The second-order valence-corrected chi connectivity index (χ2v) is 10.4. The Labute approximate surface area is 206 Å². The van der Waals surface area contributed by atoms with Crippen LogP contribution in [0.3, 0.4) is 0 Å². The maximum Gasteiger partial charge on any atom is 0.417 e. The number of thiophene rings is 1. The maximum atomic E-state index is 14.1. The number of carbonyl (C=O) groups excluding carboxylic acids is 1. The van der Waals surface area contributed by atoms with E-state index in [9.17, 15) is 18.0 Å². The number of pyridine rings is 1. The minimum absolute atomic E-state index is 0.0223. The monoisotopic (exact) mass is 506 g/mol. The van der Waals surface area contributed by atoms with Crippen LogP contribution >= 0.6 is 22.9 Å². The summed E-state index contributed by atoms with van der Waals surface area (Å²) in [5.74, 6) is 0.0417. The molecular formula is C26H26ClF3N2OS. The summed E-state index contributed by atoms with van der Waals surface area (Å²) in [7, 11) is 0. The molecule has 34 heavy (non-hydrogen) atoms. The summed E-state index contributed by atoms with van der Waals surface area (Å²) < 4.78 is 42.3. The van der Waals surface area contributed by atoms with E-state index < -0.39 is 17.6 Å². The summed E-state index contributed by atoms with van der Waals surface area (Å²) in [4.78, 5) is 19.7. The number of carbonyl (C=O) groups is 1. The molecule has 1 fully saturated rings. The highest BCUT2D eigenvalue weighted by Gasteiger charge is 2.36. The van der Waals surface area contributed by atoms with E-state index in [2.05, 4.69) is 18.8 Å². The van der Waals surface area contributed by atoms with Crippen molar-refractivity contribution >= 4 is 28.8 Å². The molecule has 1 aliphatic rings. The molecule has 1 aliphatic heterocycles. The Bertz CT molecular complexity index is 1180. The minimum atomic E-state index is -4.65. The zero-order valence-electron chi connectivity index (χ0n) is 19.1. The average Bonchev–Trinajstić information content (AvgIpc) is 3.27. The number of aromatic nitrogens is 1. The van der Waals surface area contributed by atoms with E-state index in [1.54, 1.807) is 22.5 Å². The minimum Gasteiger partial charge on any atom is -0.339 e. The summed E-state index contributed by atoms with van der Waals surface area (Å²) in [5.41, 5.74) is 1.23. The van der Waals surface area contributed by atoms with Gasteiger partial charge in [0.15, 0.2) is 0 Å². The lowest BCUT2D eigenvalue weighted by Crippen LogP contribution is -2.35. The number of hydrogen-bond donors (Lipinski definition) is 0. The smallest absolute Gasteiger partial charge is 0.339 e. The average molecular weight is 507 g/mol. The van der Waals surface area contributed by atoms with Crippen molar-refractivity contribution in [1.82, 2.24) is 9.88 Å². The van der Waals surface area contributed by atoms with E-state index in [0.29, 0.717) is 24.6 Å². The maximum absolute atomic E-state index is 14.1. The van der Waals surface area contributed by atoms with Gasteiger partial charge in [0.1, 0.15) is 0 Å². The Morgan fingerprint density at radius 1 is 1.12 bits per heavy atom. The molecule has 3 heterocycles. The first-order valence-corrected chi connectivity index (χ1v) is 12.6. The fraction of sp³-hybridized carbons (Fsp3) is 0.385. The third kappa shape index (κ3) is 5.47. The van der Waals surface area contributed by atoms with Gasteiger partial charge in [0.25, 0.3) is 5.91 Å². The molecule has 0 atom stereocenters. The number of rotatable bonds is 5. The number of hydrogen-bond acceptors (Lipinski definition) is 3. The first-order chi connectivity index (χ1) is 16.1. The third-order valence-electron chi connectivity index (χ3n) is 5.89. The fourth-order valence-electron chi connectivity index (χ4n) is 4.31.